The summed E-state index contributed by atoms with van der Waals surface area (Å²) in [7, 11) is 0. The minimum absolute atomic E-state index is 0.627. The van der Waals surface area contributed by atoms with Crippen LogP contribution in [0.1, 0.15) is 29.6 Å². The van der Waals surface area contributed by atoms with Crippen LogP contribution in [0.25, 0.3) is 0 Å². The van der Waals surface area contributed by atoms with Crippen LogP contribution in [0.5, 0.6) is 0 Å². The second-order valence-corrected chi connectivity index (χ2v) is 5.24. The molecule has 1 aromatic carbocycles. The lowest BCUT2D eigenvalue weighted by atomic mass is 10.1. The number of hydrogen-bond donors (Lipinski definition) is 0. The summed E-state index contributed by atoms with van der Waals surface area (Å²) in [6.07, 6.45) is 4.82. The normalized spacial score (nSPS) is 27.4. The first kappa shape index (κ1) is 10.2. The van der Waals surface area contributed by atoms with Crippen LogP contribution in [0.3, 0.4) is 0 Å². The van der Waals surface area contributed by atoms with Crippen molar-refractivity contribution in [2.24, 2.45) is 5.92 Å². The number of piperidine rings is 1. The van der Waals surface area contributed by atoms with E-state index in [9.17, 15) is 4.79 Å². The molecule has 0 amide bonds. The maximum atomic E-state index is 11.0. The van der Waals surface area contributed by atoms with Crippen molar-refractivity contribution in [3.63, 3.8) is 0 Å². The van der Waals surface area contributed by atoms with Gasteiger partial charge in [-0.25, -0.2) is 0 Å². The second-order valence-electron chi connectivity index (χ2n) is 4.81. The third-order valence-electron chi connectivity index (χ3n) is 3.84. The van der Waals surface area contributed by atoms with Gasteiger partial charge in [-0.3, -0.25) is 4.79 Å². The monoisotopic (exact) mass is 235 g/mol. The van der Waals surface area contributed by atoms with E-state index < -0.39 is 0 Å². The van der Waals surface area contributed by atoms with Crippen molar-refractivity contribution in [1.29, 1.82) is 0 Å². The Balaban J connectivity index is 1.99. The third-order valence-corrected chi connectivity index (χ3v) is 4.07. The van der Waals surface area contributed by atoms with Gasteiger partial charge in [0.2, 0.25) is 0 Å². The molecule has 84 valence electrons. The minimum atomic E-state index is 0.627. The average molecular weight is 236 g/mol. The number of benzene rings is 1. The zero-order chi connectivity index (χ0) is 11.1. The summed E-state index contributed by atoms with van der Waals surface area (Å²) in [6, 6.07) is 6.15. The Morgan fingerprint density at radius 2 is 2.25 bits per heavy atom. The van der Waals surface area contributed by atoms with E-state index in [1.165, 1.54) is 19.3 Å². The van der Waals surface area contributed by atoms with E-state index in [0.717, 1.165) is 30.0 Å². The van der Waals surface area contributed by atoms with E-state index in [4.69, 9.17) is 11.6 Å². The Morgan fingerprint density at radius 3 is 2.88 bits per heavy atom. The molecule has 2 atom stereocenters. The van der Waals surface area contributed by atoms with Gasteiger partial charge in [0.05, 0.1) is 0 Å². The lowest BCUT2D eigenvalue weighted by molar-refractivity contribution is 0.112. The number of rotatable bonds is 2. The molecule has 3 heteroatoms. The van der Waals surface area contributed by atoms with Crippen molar-refractivity contribution >= 4 is 23.6 Å². The summed E-state index contributed by atoms with van der Waals surface area (Å²) >= 11 is 6.01. The van der Waals surface area contributed by atoms with Crippen LogP contribution >= 0.6 is 11.6 Å². The van der Waals surface area contributed by atoms with Crippen LogP contribution in [0, 0.1) is 5.92 Å². The number of carbonyl (C=O) groups excluding carboxylic acids is 1. The van der Waals surface area contributed by atoms with Crippen LogP contribution in [-0.2, 0) is 0 Å². The van der Waals surface area contributed by atoms with Crippen LogP contribution in [0.2, 0.25) is 5.02 Å². The van der Waals surface area contributed by atoms with Gasteiger partial charge in [0.1, 0.15) is 0 Å². The van der Waals surface area contributed by atoms with E-state index in [1.54, 1.807) is 6.07 Å². The summed E-state index contributed by atoms with van der Waals surface area (Å²) in [6.45, 7) is 1.09. The lowest BCUT2D eigenvalue weighted by Crippen LogP contribution is -2.32. The smallest absolute Gasteiger partial charge is 0.152 e. The standard InChI is InChI=1S/C13H14ClNO/c14-11-3-2-10(8-16)13(6-11)15-7-9-1-4-12(15)5-9/h2-3,6,8-9,12H,1,4-5,7H2. The number of aldehydes is 1. The van der Waals surface area contributed by atoms with Crippen molar-refractivity contribution in [1.82, 2.24) is 0 Å². The predicted molar refractivity (Wildman–Crippen MR) is 65.3 cm³/mol. The number of carbonyl (C=O) groups is 1. The van der Waals surface area contributed by atoms with Gasteiger partial charge in [-0.15, -0.1) is 0 Å². The molecule has 16 heavy (non-hydrogen) atoms. The largest absolute Gasteiger partial charge is 0.368 e. The molecule has 2 aliphatic rings. The summed E-state index contributed by atoms with van der Waals surface area (Å²) in [5.41, 5.74) is 1.78. The number of fused-ring (bicyclic) bond motifs is 2. The summed E-state index contributed by atoms with van der Waals surface area (Å²) in [5.74, 6) is 0.823. The molecule has 2 unspecified atom stereocenters. The highest BCUT2D eigenvalue weighted by atomic mass is 35.5. The Labute approximate surface area is 100 Å². The lowest BCUT2D eigenvalue weighted by Gasteiger charge is -2.30. The molecule has 1 heterocycles. The molecular formula is C13H14ClNO. The van der Waals surface area contributed by atoms with Gasteiger partial charge >= 0.3 is 0 Å². The molecule has 0 spiro atoms. The van der Waals surface area contributed by atoms with Crippen LogP contribution in [0.4, 0.5) is 5.69 Å². The molecule has 3 rings (SSSR count). The van der Waals surface area contributed by atoms with Crippen LogP contribution < -0.4 is 4.90 Å². The van der Waals surface area contributed by atoms with Crippen LogP contribution in [-0.4, -0.2) is 18.9 Å². The van der Waals surface area contributed by atoms with E-state index in [2.05, 4.69) is 4.90 Å². The number of hydrogen-bond acceptors (Lipinski definition) is 2. The average Bonchev–Trinajstić information content (AvgIpc) is 2.90. The van der Waals surface area contributed by atoms with Crippen molar-refractivity contribution in [2.45, 2.75) is 25.3 Å². The molecule has 1 saturated heterocycles. The summed E-state index contributed by atoms with van der Waals surface area (Å²) in [4.78, 5) is 13.4. The SMILES string of the molecule is O=Cc1ccc(Cl)cc1N1CC2CCC1C2. The Morgan fingerprint density at radius 1 is 1.38 bits per heavy atom. The predicted octanol–water partition coefficient (Wildman–Crippen LogP) is 3.14. The molecule has 0 radical (unpaired) electrons. The van der Waals surface area contributed by atoms with Gasteiger partial charge in [0, 0.05) is 28.9 Å². The zero-order valence-electron chi connectivity index (χ0n) is 9.03. The first-order valence-corrected chi connectivity index (χ1v) is 6.17. The third kappa shape index (κ3) is 1.52. The Kier molecular flexibility index (Phi) is 2.40. The fourth-order valence-corrected chi connectivity index (χ4v) is 3.25. The maximum absolute atomic E-state index is 11.0. The van der Waals surface area contributed by atoms with Gasteiger partial charge in [-0.05, 0) is 43.4 Å². The number of halogens is 1. The highest BCUT2D eigenvalue weighted by Gasteiger charge is 2.38. The minimum Gasteiger partial charge on any atom is -0.368 e. The molecule has 0 aromatic heterocycles. The van der Waals surface area contributed by atoms with Gasteiger partial charge in [-0.2, -0.15) is 0 Å². The molecule has 1 aromatic rings. The van der Waals surface area contributed by atoms with E-state index in [0.29, 0.717) is 11.1 Å². The van der Waals surface area contributed by atoms with Crippen molar-refractivity contribution < 1.29 is 4.79 Å². The maximum Gasteiger partial charge on any atom is 0.152 e. The van der Waals surface area contributed by atoms with Gasteiger partial charge in [0.25, 0.3) is 0 Å². The first-order valence-electron chi connectivity index (χ1n) is 5.79. The van der Waals surface area contributed by atoms with Crippen molar-refractivity contribution in [3.8, 4) is 0 Å². The topological polar surface area (TPSA) is 20.3 Å². The molecular weight excluding hydrogens is 222 g/mol. The van der Waals surface area contributed by atoms with Crippen LogP contribution in [0.15, 0.2) is 18.2 Å². The van der Waals surface area contributed by atoms with Crippen molar-refractivity contribution in [2.75, 3.05) is 11.4 Å². The van der Waals surface area contributed by atoms with E-state index in [-0.39, 0.29) is 0 Å². The van der Waals surface area contributed by atoms with Gasteiger partial charge in [0.15, 0.2) is 6.29 Å². The highest BCUT2D eigenvalue weighted by molar-refractivity contribution is 6.31. The molecule has 2 bridgehead atoms. The Bertz CT molecular complexity index is 432. The zero-order valence-corrected chi connectivity index (χ0v) is 9.78. The molecule has 2 nitrogen and oxygen atoms in total. The number of nitrogens with zero attached hydrogens (tertiary/aromatic N) is 1. The fourth-order valence-electron chi connectivity index (χ4n) is 3.08. The summed E-state index contributed by atoms with van der Waals surface area (Å²) < 4.78 is 0. The van der Waals surface area contributed by atoms with Gasteiger partial charge < -0.3 is 4.90 Å². The molecule has 0 N–H and O–H groups in total. The highest BCUT2D eigenvalue weighted by Crippen LogP contribution is 2.41. The Hall–Kier alpha value is -1.02. The van der Waals surface area contributed by atoms with E-state index in [1.807, 2.05) is 12.1 Å². The van der Waals surface area contributed by atoms with Gasteiger partial charge in [-0.1, -0.05) is 11.6 Å². The number of anilines is 1. The second kappa shape index (κ2) is 3.77. The molecule has 1 saturated carbocycles. The molecule has 1 aliphatic carbocycles. The van der Waals surface area contributed by atoms with E-state index >= 15 is 0 Å². The molecule has 1 aliphatic heterocycles. The van der Waals surface area contributed by atoms with Crippen molar-refractivity contribution in [3.05, 3.63) is 28.8 Å². The fraction of sp³-hybridized carbons (Fsp3) is 0.462. The summed E-state index contributed by atoms with van der Waals surface area (Å²) in [5, 5.41) is 0.711. The molecule has 2 fully saturated rings. The quantitative estimate of drug-likeness (QED) is 0.734. The first-order chi connectivity index (χ1) is 7.78.